The molecule has 0 bridgehead atoms. The van der Waals surface area contributed by atoms with Gasteiger partial charge in [-0.05, 0) is 25.5 Å². The van der Waals surface area contributed by atoms with Gasteiger partial charge in [-0.2, -0.15) is 0 Å². The first-order chi connectivity index (χ1) is 23.2. The van der Waals surface area contributed by atoms with Crippen molar-refractivity contribution >= 4 is 35.6 Å². The van der Waals surface area contributed by atoms with Crippen molar-refractivity contribution in [1.82, 2.24) is 20.2 Å². The number of anilines is 1. The predicted octanol–water partition coefficient (Wildman–Crippen LogP) is -1.77. The van der Waals surface area contributed by atoms with Crippen molar-refractivity contribution in [3.8, 4) is 0 Å². The van der Waals surface area contributed by atoms with E-state index < -0.39 is 90.0 Å². The number of alkyl carbamates (subject to hydrolysis) is 1. The Hall–Kier alpha value is -5.27. The highest BCUT2D eigenvalue weighted by molar-refractivity contribution is 5.86. The molecule has 1 aliphatic heterocycles. The molecule has 0 spiro atoms. The van der Waals surface area contributed by atoms with Gasteiger partial charge in [-0.1, -0.05) is 18.2 Å². The van der Waals surface area contributed by atoms with Crippen LogP contribution in [0.3, 0.4) is 0 Å². The number of H-pyrrole nitrogens is 1. The van der Waals surface area contributed by atoms with Crippen molar-refractivity contribution in [2.24, 2.45) is 0 Å². The van der Waals surface area contributed by atoms with Crippen molar-refractivity contribution in [2.75, 3.05) is 25.1 Å². The lowest BCUT2D eigenvalue weighted by atomic mass is 9.97. The van der Waals surface area contributed by atoms with E-state index in [4.69, 9.17) is 14.2 Å². The molecule has 268 valence electrons. The molecule has 0 radical (unpaired) electrons. The number of carboxylic acids is 1. The molecule has 1 aliphatic rings. The summed E-state index contributed by atoms with van der Waals surface area (Å²) in [6, 6.07) is 5.84. The fourth-order valence-electron chi connectivity index (χ4n) is 5.29. The van der Waals surface area contributed by atoms with Crippen molar-refractivity contribution in [3.05, 3.63) is 63.4 Å². The Bertz CT molecular complexity index is 1590. The third-order valence-corrected chi connectivity index (χ3v) is 7.39. The molecular formula is C30H39N5O14. The third kappa shape index (κ3) is 9.87. The van der Waals surface area contributed by atoms with E-state index in [-0.39, 0.29) is 19.5 Å². The van der Waals surface area contributed by atoms with Gasteiger partial charge in [0.1, 0.15) is 18.2 Å². The largest absolute Gasteiger partial charge is 0.480 e. The number of aliphatic carboxylic acids is 1. The van der Waals surface area contributed by atoms with E-state index in [9.17, 15) is 48.9 Å². The number of hydrogen-bond donors (Lipinski definition) is 6. The van der Waals surface area contributed by atoms with Gasteiger partial charge in [0.25, 0.3) is 5.56 Å². The van der Waals surface area contributed by atoms with Crippen LogP contribution < -0.4 is 26.8 Å². The number of methoxy groups -OCH3 is 1. The fraction of sp³-hybridized carbons (Fsp3) is 0.500. The van der Waals surface area contributed by atoms with Crippen LogP contribution in [0.25, 0.3) is 0 Å². The molecule has 3 rings (SSSR count). The standard InChI is InChI=1S/C30H39N5O14/c1-15(36)20(33-30(45)46-4)26(41)31-12-8-13-34(18-9-6-5-7-10-18)21(28(42)43)22(40)23-24(47-16(2)37)25(48-17(3)38)27(49-23)35-14-11-19(39)32-29(35)44/h5-7,9-11,14-15,20-25,27,36,40H,8,12-13H2,1-4H3,(H,31,41)(H,33,45)(H,42,43)(H,32,39,44)/t15-,20-,21?,22?,23+,24+,25+,27+/m0/s1. The number of aromatic amines is 1. The maximum absolute atomic E-state index is 12.9. The molecule has 0 aliphatic carbocycles. The summed E-state index contributed by atoms with van der Waals surface area (Å²) in [6.07, 6.45) is -9.63. The van der Waals surface area contributed by atoms with Crippen LogP contribution in [-0.2, 0) is 38.1 Å². The number of esters is 2. The lowest BCUT2D eigenvalue weighted by molar-refractivity contribution is -0.167. The average Bonchev–Trinajstić information content (AvgIpc) is 3.36. The third-order valence-electron chi connectivity index (χ3n) is 7.39. The van der Waals surface area contributed by atoms with E-state index in [1.165, 1.54) is 11.8 Å². The predicted molar refractivity (Wildman–Crippen MR) is 166 cm³/mol. The number of amides is 2. The molecule has 6 N–H and O–H groups in total. The SMILES string of the molecule is COC(=O)N[C@H](C(=O)NCCCN(c1ccccc1)C(C(=O)O)C(O)[C@H]1O[C@@H](n2ccc(=O)[nH]c2=O)[C@H](OC(C)=O)[C@@H]1OC(C)=O)[C@H](C)O. The van der Waals surface area contributed by atoms with Crippen LogP contribution in [0.4, 0.5) is 10.5 Å². The quantitative estimate of drug-likeness (QED) is 0.0685. The number of aliphatic hydroxyl groups excluding tert-OH is 2. The number of ether oxygens (including phenoxy) is 4. The number of carbonyl (C=O) groups is 5. The summed E-state index contributed by atoms with van der Waals surface area (Å²) in [5.74, 6) is -4.08. The fourth-order valence-corrected chi connectivity index (χ4v) is 5.29. The number of benzene rings is 1. The first-order valence-corrected chi connectivity index (χ1v) is 15.0. The number of nitrogens with zero attached hydrogens (tertiary/aromatic N) is 2. The van der Waals surface area contributed by atoms with Crippen LogP contribution in [0.1, 0.15) is 33.4 Å². The Morgan fingerprint density at radius 1 is 1.02 bits per heavy atom. The summed E-state index contributed by atoms with van der Waals surface area (Å²) in [6.45, 7) is 3.16. The number of hydrogen-bond acceptors (Lipinski definition) is 14. The van der Waals surface area contributed by atoms with Gasteiger partial charge in [0.05, 0.1) is 13.2 Å². The zero-order valence-corrected chi connectivity index (χ0v) is 27.0. The van der Waals surface area contributed by atoms with E-state index in [0.717, 1.165) is 37.8 Å². The van der Waals surface area contributed by atoms with Gasteiger partial charge in [0.15, 0.2) is 24.5 Å². The van der Waals surface area contributed by atoms with Crippen LogP contribution in [0.2, 0.25) is 0 Å². The van der Waals surface area contributed by atoms with Crippen molar-refractivity contribution in [2.45, 2.75) is 76.0 Å². The van der Waals surface area contributed by atoms with E-state index in [2.05, 4.69) is 15.4 Å². The minimum atomic E-state index is -2.03. The Morgan fingerprint density at radius 3 is 2.20 bits per heavy atom. The van der Waals surface area contributed by atoms with Gasteiger partial charge in [-0.25, -0.2) is 14.4 Å². The zero-order chi connectivity index (χ0) is 36.4. The molecule has 0 saturated carbocycles. The van der Waals surface area contributed by atoms with Gasteiger partial charge in [0, 0.05) is 44.9 Å². The lowest BCUT2D eigenvalue weighted by Crippen LogP contribution is -2.57. The van der Waals surface area contributed by atoms with Crippen molar-refractivity contribution in [1.29, 1.82) is 0 Å². The highest BCUT2D eigenvalue weighted by atomic mass is 16.6. The van der Waals surface area contributed by atoms with Crippen LogP contribution in [-0.4, -0.2) is 118 Å². The Balaban J connectivity index is 1.95. The number of aromatic nitrogens is 2. The highest BCUT2D eigenvalue weighted by Gasteiger charge is 2.56. The second-order valence-electron chi connectivity index (χ2n) is 11.0. The number of aliphatic hydroxyl groups is 2. The first kappa shape index (κ1) is 38.2. The molecule has 2 amide bonds. The molecule has 1 aromatic carbocycles. The van der Waals surface area contributed by atoms with Crippen LogP contribution in [0, 0.1) is 0 Å². The monoisotopic (exact) mass is 693 g/mol. The average molecular weight is 694 g/mol. The molecule has 8 atom stereocenters. The smallest absolute Gasteiger partial charge is 0.407 e. The molecule has 1 fully saturated rings. The van der Waals surface area contributed by atoms with Crippen LogP contribution in [0.15, 0.2) is 52.2 Å². The maximum atomic E-state index is 12.9. The van der Waals surface area contributed by atoms with Gasteiger partial charge in [-0.3, -0.25) is 28.7 Å². The number of carbonyl (C=O) groups excluding carboxylic acids is 4. The second-order valence-corrected chi connectivity index (χ2v) is 11.0. The van der Waals surface area contributed by atoms with E-state index in [1.54, 1.807) is 30.3 Å². The van der Waals surface area contributed by atoms with Crippen molar-refractivity contribution in [3.63, 3.8) is 0 Å². The van der Waals surface area contributed by atoms with Gasteiger partial charge in [-0.15, -0.1) is 0 Å². The summed E-state index contributed by atoms with van der Waals surface area (Å²) in [5.41, 5.74) is -1.42. The molecule has 2 aromatic rings. The first-order valence-electron chi connectivity index (χ1n) is 15.0. The Morgan fingerprint density at radius 2 is 1.65 bits per heavy atom. The topological polar surface area (TPSA) is 265 Å². The normalized spacial score (nSPS) is 20.9. The number of para-hydroxylation sites is 1. The minimum Gasteiger partial charge on any atom is -0.480 e. The summed E-state index contributed by atoms with van der Waals surface area (Å²) < 4.78 is 22.0. The number of carboxylic acid groups (broad SMARTS) is 1. The van der Waals surface area contributed by atoms with E-state index in [0.29, 0.717) is 5.69 Å². The maximum Gasteiger partial charge on any atom is 0.407 e. The van der Waals surface area contributed by atoms with E-state index in [1.807, 2.05) is 4.98 Å². The summed E-state index contributed by atoms with van der Waals surface area (Å²) in [7, 11) is 1.09. The van der Waals surface area contributed by atoms with Gasteiger partial charge in [0.2, 0.25) is 5.91 Å². The number of nitrogens with one attached hydrogen (secondary N) is 3. The minimum absolute atomic E-state index is 0.0710. The Labute approximate surface area is 278 Å². The van der Waals surface area contributed by atoms with Crippen molar-refractivity contribution < 1.29 is 58.2 Å². The van der Waals surface area contributed by atoms with Gasteiger partial charge >= 0.3 is 29.7 Å². The Kier molecular flexibility index (Phi) is 13.4. The van der Waals surface area contributed by atoms with E-state index >= 15 is 0 Å². The second kappa shape index (κ2) is 17.2. The molecule has 2 heterocycles. The molecule has 19 nitrogen and oxygen atoms in total. The van der Waals surface area contributed by atoms with Crippen LogP contribution in [0.5, 0.6) is 0 Å². The van der Waals surface area contributed by atoms with Gasteiger partial charge < -0.3 is 49.8 Å². The molecule has 2 unspecified atom stereocenters. The summed E-state index contributed by atoms with van der Waals surface area (Å²) in [5, 5.41) is 36.9. The molecule has 19 heteroatoms. The highest BCUT2D eigenvalue weighted by Crippen LogP contribution is 2.36. The lowest BCUT2D eigenvalue weighted by Gasteiger charge is -2.37. The molecule has 49 heavy (non-hydrogen) atoms. The summed E-state index contributed by atoms with van der Waals surface area (Å²) in [4.78, 5) is 89.2. The van der Waals surface area contributed by atoms with Crippen LogP contribution >= 0.6 is 0 Å². The zero-order valence-electron chi connectivity index (χ0n) is 27.0. The number of rotatable bonds is 15. The molecule has 1 aromatic heterocycles. The summed E-state index contributed by atoms with van der Waals surface area (Å²) >= 11 is 0. The molecule has 1 saturated heterocycles. The molecular weight excluding hydrogens is 654 g/mol.